The summed E-state index contributed by atoms with van der Waals surface area (Å²) < 4.78 is 21.3. The zero-order valence-corrected chi connectivity index (χ0v) is 17.0. The molecule has 1 aromatic carbocycles. The van der Waals surface area contributed by atoms with Crippen molar-refractivity contribution in [3.05, 3.63) is 34.8 Å². The molecular weight excluding hydrogens is 398 g/mol. The summed E-state index contributed by atoms with van der Waals surface area (Å²) in [5.74, 6) is 0.629. The number of benzene rings is 1. The second-order valence-electron chi connectivity index (χ2n) is 5.99. The molecule has 0 fully saturated rings. The van der Waals surface area contributed by atoms with Gasteiger partial charge in [-0.1, -0.05) is 0 Å². The molecule has 0 saturated carbocycles. The van der Waals surface area contributed by atoms with Crippen LogP contribution in [0.15, 0.2) is 23.6 Å². The molecule has 0 aliphatic carbocycles. The summed E-state index contributed by atoms with van der Waals surface area (Å²) in [7, 11) is 0. The van der Waals surface area contributed by atoms with E-state index in [9.17, 15) is 9.59 Å². The van der Waals surface area contributed by atoms with Crippen molar-refractivity contribution in [2.24, 2.45) is 0 Å². The summed E-state index contributed by atoms with van der Waals surface area (Å²) in [5, 5.41) is 7.64. The molecule has 0 radical (unpaired) electrons. The van der Waals surface area contributed by atoms with Crippen LogP contribution < -0.4 is 20.1 Å². The van der Waals surface area contributed by atoms with E-state index in [0.717, 1.165) is 0 Å². The monoisotopic (exact) mass is 421 g/mol. The number of thiazole rings is 1. The Morgan fingerprint density at radius 1 is 1.21 bits per heavy atom. The van der Waals surface area contributed by atoms with E-state index in [2.05, 4.69) is 15.6 Å². The molecule has 9 nitrogen and oxygen atoms in total. The van der Waals surface area contributed by atoms with E-state index in [0.29, 0.717) is 41.1 Å². The van der Waals surface area contributed by atoms with E-state index in [1.165, 1.54) is 11.3 Å². The molecule has 2 heterocycles. The van der Waals surface area contributed by atoms with Crippen molar-refractivity contribution >= 4 is 28.3 Å². The van der Waals surface area contributed by atoms with Crippen LogP contribution in [-0.4, -0.2) is 49.6 Å². The van der Waals surface area contributed by atoms with Crippen LogP contribution >= 0.6 is 11.3 Å². The van der Waals surface area contributed by atoms with Gasteiger partial charge in [0.2, 0.25) is 12.7 Å². The fourth-order valence-corrected chi connectivity index (χ4v) is 3.32. The lowest BCUT2D eigenvalue weighted by Gasteiger charge is -2.17. The number of carbonyl (C=O) groups is 2. The van der Waals surface area contributed by atoms with Gasteiger partial charge in [-0.3, -0.25) is 14.9 Å². The van der Waals surface area contributed by atoms with Crippen molar-refractivity contribution in [3.8, 4) is 11.5 Å². The van der Waals surface area contributed by atoms with Crippen molar-refractivity contribution in [2.75, 3.05) is 31.9 Å². The maximum Gasteiger partial charge on any atom is 0.257 e. The van der Waals surface area contributed by atoms with Gasteiger partial charge in [-0.25, -0.2) is 4.98 Å². The lowest BCUT2D eigenvalue weighted by Crippen LogP contribution is -2.36. The molecule has 2 aromatic rings. The summed E-state index contributed by atoms with van der Waals surface area (Å²) in [6.45, 7) is 5.13. The molecule has 1 aliphatic rings. The number of fused-ring (bicyclic) bond motifs is 1. The summed E-state index contributed by atoms with van der Waals surface area (Å²) in [4.78, 5) is 28.8. The molecule has 156 valence electrons. The molecule has 2 amide bonds. The number of carbonyl (C=O) groups excluding carboxylic acids is 2. The van der Waals surface area contributed by atoms with Gasteiger partial charge in [0.15, 0.2) is 22.9 Å². The van der Waals surface area contributed by atoms with Gasteiger partial charge in [0, 0.05) is 24.2 Å². The number of ether oxygens (including phenoxy) is 4. The third-order valence-electron chi connectivity index (χ3n) is 3.92. The van der Waals surface area contributed by atoms with E-state index >= 15 is 0 Å². The molecule has 29 heavy (non-hydrogen) atoms. The first kappa shape index (κ1) is 21.0. The largest absolute Gasteiger partial charge is 0.454 e. The molecule has 0 bridgehead atoms. The van der Waals surface area contributed by atoms with Crippen molar-refractivity contribution in [1.82, 2.24) is 10.3 Å². The second-order valence-corrected chi connectivity index (χ2v) is 6.85. The number of nitrogens with one attached hydrogen (secondary N) is 2. The fraction of sp³-hybridized carbons (Fsp3) is 0.421. The molecular formula is C19H23N3O6S. The van der Waals surface area contributed by atoms with Crippen molar-refractivity contribution in [2.45, 2.75) is 26.6 Å². The Labute approximate surface area is 172 Å². The molecule has 2 N–H and O–H groups in total. The first-order valence-electron chi connectivity index (χ1n) is 9.24. The number of hydrogen-bond acceptors (Lipinski definition) is 8. The van der Waals surface area contributed by atoms with Gasteiger partial charge in [0.05, 0.1) is 18.7 Å². The molecule has 1 aliphatic heterocycles. The summed E-state index contributed by atoms with van der Waals surface area (Å²) in [6, 6.07) is 4.96. The smallest absolute Gasteiger partial charge is 0.257 e. The predicted octanol–water partition coefficient (Wildman–Crippen LogP) is 2.18. The number of rotatable bonds is 10. The average Bonchev–Trinajstić information content (AvgIpc) is 3.35. The zero-order valence-electron chi connectivity index (χ0n) is 16.2. The Kier molecular flexibility index (Phi) is 7.39. The number of hydrogen-bond donors (Lipinski definition) is 2. The molecule has 10 heteroatoms. The first-order valence-corrected chi connectivity index (χ1v) is 10.1. The van der Waals surface area contributed by atoms with Crippen LogP contribution in [0.25, 0.3) is 0 Å². The van der Waals surface area contributed by atoms with Crippen LogP contribution in [0.3, 0.4) is 0 Å². The van der Waals surface area contributed by atoms with E-state index in [1.54, 1.807) is 23.6 Å². The maximum atomic E-state index is 12.4. The number of amides is 2. The normalized spacial score (nSPS) is 12.2. The van der Waals surface area contributed by atoms with Gasteiger partial charge in [-0.2, -0.15) is 0 Å². The van der Waals surface area contributed by atoms with Crippen LogP contribution in [0, 0.1) is 0 Å². The van der Waals surface area contributed by atoms with Crippen molar-refractivity contribution in [3.63, 3.8) is 0 Å². The predicted molar refractivity (Wildman–Crippen MR) is 106 cm³/mol. The van der Waals surface area contributed by atoms with E-state index in [4.69, 9.17) is 18.9 Å². The number of nitrogens with zero attached hydrogens (tertiary/aromatic N) is 1. The summed E-state index contributed by atoms with van der Waals surface area (Å²) >= 11 is 1.25. The van der Waals surface area contributed by atoms with E-state index < -0.39 is 6.29 Å². The second kappa shape index (κ2) is 10.2. The molecule has 0 saturated heterocycles. The van der Waals surface area contributed by atoms with Crippen molar-refractivity contribution < 1.29 is 28.5 Å². The number of aromatic nitrogens is 1. The van der Waals surface area contributed by atoms with Gasteiger partial charge >= 0.3 is 0 Å². The Hall–Kier alpha value is -2.69. The van der Waals surface area contributed by atoms with E-state index in [-0.39, 0.29) is 31.6 Å². The Morgan fingerprint density at radius 3 is 2.72 bits per heavy atom. The third kappa shape index (κ3) is 5.89. The molecule has 0 unspecified atom stereocenters. The standard InChI is InChI=1S/C19H23N3O6S/c1-3-25-17(26-4-2)9-20-16(23)8-13-10-29-19(21-13)22-18(24)12-5-6-14-15(7-12)28-11-27-14/h5-7,10,17H,3-4,8-9,11H2,1-2H3,(H,20,23)(H,21,22,24). The SMILES string of the molecule is CCOC(CNC(=O)Cc1csc(NC(=O)c2ccc3c(c2)OCO3)n1)OCC. The highest BCUT2D eigenvalue weighted by atomic mass is 32.1. The van der Waals surface area contributed by atoms with Crippen molar-refractivity contribution in [1.29, 1.82) is 0 Å². The average molecular weight is 421 g/mol. The van der Waals surface area contributed by atoms with Gasteiger partial charge in [0.1, 0.15) is 0 Å². The van der Waals surface area contributed by atoms with Gasteiger partial charge in [0.25, 0.3) is 5.91 Å². The fourth-order valence-electron chi connectivity index (χ4n) is 2.61. The van der Waals surface area contributed by atoms with Gasteiger partial charge < -0.3 is 24.3 Å². The highest BCUT2D eigenvalue weighted by Gasteiger charge is 2.17. The van der Waals surface area contributed by atoms with Gasteiger partial charge in [-0.05, 0) is 32.0 Å². The van der Waals surface area contributed by atoms with Crippen LogP contribution in [0.5, 0.6) is 11.5 Å². The topological polar surface area (TPSA) is 108 Å². The highest BCUT2D eigenvalue weighted by Crippen LogP contribution is 2.32. The lowest BCUT2D eigenvalue weighted by molar-refractivity contribution is -0.140. The Bertz CT molecular complexity index is 850. The highest BCUT2D eigenvalue weighted by molar-refractivity contribution is 7.14. The number of anilines is 1. The van der Waals surface area contributed by atoms with Crippen LogP contribution in [0.4, 0.5) is 5.13 Å². The van der Waals surface area contributed by atoms with E-state index in [1.807, 2.05) is 13.8 Å². The quantitative estimate of drug-likeness (QED) is 0.566. The molecule has 0 spiro atoms. The minimum absolute atomic E-state index is 0.0986. The third-order valence-corrected chi connectivity index (χ3v) is 4.73. The first-order chi connectivity index (χ1) is 14.1. The van der Waals surface area contributed by atoms with Crippen LogP contribution in [0.2, 0.25) is 0 Å². The Morgan fingerprint density at radius 2 is 1.97 bits per heavy atom. The van der Waals surface area contributed by atoms with Crippen LogP contribution in [-0.2, 0) is 20.7 Å². The molecule has 0 atom stereocenters. The van der Waals surface area contributed by atoms with Gasteiger partial charge in [-0.15, -0.1) is 11.3 Å². The lowest BCUT2D eigenvalue weighted by atomic mass is 10.2. The minimum atomic E-state index is -0.471. The molecule has 3 rings (SSSR count). The zero-order chi connectivity index (χ0) is 20.6. The van der Waals surface area contributed by atoms with Crippen LogP contribution in [0.1, 0.15) is 29.9 Å². The maximum absolute atomic E-state index is 12.4. The Balaban J connectivity index is 1.50. The minimum Gasteiger partial charge on any atom is -0.454 e. The molecule has 1 aromatic heterocycles. The summed E-state index contributed by atoms with van der Waals surface area (Å²) in [6.07, 6.45) is -0.373. The summed E-state index contributed by atoms with van der Waals surface area (Å²) in [5.41, 5.74) is 1.000.